The van der Waals surface area contributed by atoms with Crippen LogP contribution in [0.2, 0.25) is 0 Å². The molecule has 2 rings (SSSR count). The average molecular weight is 692 g/mol. The Morgan fingerprint density at radius 2 is 1.56 bits per heavy atom. The summed E-state index contributed by atoms with van der Waals surface area (Å²) in [5, 5.41) is 14.9. The van der Waals surface area contributed by atoms with Crippen molar-refractivity contribution < 1.29 is 42.9 Å². The van der Waals surface area contributed by atoms with Crippen molar-refractivity contribution in [2.24, 2.45) is 5.92 Å². The van der Waals surface area contributed by atoms with E-state index in [0.29, 0.717) is 19.4 Å². The molecule has 2 aliphatic heterocycles. The first-order valence-corrected chi connectivity index (χ1v) is 18.6. The summed E-state index contributed by atoms with van der Waals surface area (Å²) in [5.74, 6) is -1.96. The van der Waals surface area contributed by atoms with Gasteiger partial charge in [-0.25, -0.2) is 0 Å². The predicted octanol–water partition coefficient (Wildman–Crippen LogP) is 5.82. The zero-order valence-corrected chi connectivity index (χ0v) is 29.3. The Balaban J connectivity index is 1.53. The zero-order valence-electron chi connectivity index (χ0n) is 28.4. The molecule has 2 heterocycles. The van der Waals surface area contributed by atoms with Gasteiger partial charge in [-0.3, -0.25) is 19.7 Å². The second-order valence-corrected chi connectivity index (χ2v) is 12.6. The molecule has 0 bridgehead atoms. The van der Waals surface area contributed by atoms with Gasteiger partial charge >= 0.3 is 8.25 Å². The molecule has 4 N–H and O–H groups in total. The minimum atomic E-state index is -3.01. The van der Waals surface area contributed by atoms with Gasteiger partial charge < -0.3 is 19.9 Å². The lowest BCUT2D eigenvalue weighted by atomic mass is 9.93. The van der Waals surface area contributed by atoms with Gasteiger partial charge in [-0.2, -0.15) is 0 Å². The van der Waals surface area contributed by atoms with Crippen LogP contribution < -0.4 is 10.6 Å². The molecule has 12 heteroatoms. The number of hydrogen-bond donors (Lipinski definition) is 4. The number of allylic oxidation sites excluding steroid dienone is 8. The molecule has 11 nitrogen and oxygen atoms in total. The Labute approximate surface area is 286 Å². The SMILES string of the molecule is CCCCC/C=C\C/C=C\C/C=C\C/C=C\CCCC(=O)NCCCCCCO[C@H]1C(O[P+](=O)O)[C@@H](CO)O[C@H]1C1C=CC(=O)NC1=O. The molecule has 6 atom stereocenters. The number of imide groups is 1. The minimum Gasteiger partial charge on any atom is -0.394 e. The first kappa shape index (κ1) is 41.4. The third-order valence-electron chi connectivity index (χ3n) is 8.03. The lowest BCUT2D eigenvalue weighted by molar-refractivity contribution is -0.136. The Morgan fingerprint density at radius 3 is 2.19 bits per heavy atom. The standard InChI is InChI=1S/C36H55N2O9P/c1-2-3-4-5-6-7-8-9-10-11-12-13-14-15-16-17-20-23-31(40)37-26-21-18-19-22-27-45-35-33(29-24-25-32(41)38-36(29)42)46-30(28-39)34(35)47-48(43)44/h6-7,9-10,12-13,15-16,24-25,29-30,33-35,39H,2-5,8,11,14,17-23,26-28H2,1H3,(H2-,37,38,40,41,42,43,44)/p+1/b7-6-,10-9-,13-12-,16-15-/t29?,30-,33+,34?,35-/m1/s1. The van der Waals surface area contributed by atoms with Gasteiger partial charge in [-0.15, -0.1) is 9.42 Å². The first-order chi connectivity index (χ1) is 23.4. The van der Waals surface area contributed by atoms with Gasteiger partial charge in [0.25, 0.3) is 0 Å². The van der Waals surface area contributed by atoms with Crippen LogP contribution in [0.15, 0.2) is 60.8 Å². The molecule has 0 radical (unpaired) electrons. The van der Waals surface area contributed by atoms with Crippen LogP contribution in [0.3, 0.4) is 0 Å². The van der Waals surface area contributed by atoms with Crippen LogP contribution in [0.1, 0.15) is 96.8 Å². The van der Waals surface area contributed by atoms with Crippen LogP contribution in [0.4, 0.5) is 0 Å². The van der Waals surface area contributed by atoms with E-state index in [1.807, 2.05) is 0 Å². The number of unbranched alkanes of at least 4 members (excludes halogenated alkanes) is 7. The number of carbonyl (C=O) groups is 3. The lowest BCUT2D eigenvalue weighted by Crippen LogP contribution is -2.47. The second-order valence-electron chi connectivity index (χ2n) is 11.9. The van der Waals surface area contributed by atoms with E-state index in [2.05, 4.69) is 66.2 Å². The monoisotopic (exact) mass is 691 g/mol. The maximum atomic E-state index is 12.4. The Morgan fingerprint density at radius 1 is 0.917 bits per heavy atom. The van der Waals surface area contributed by atoms with Crippen LogP contribution in [0, 0.1) is 5.92 Å². The predicted molar refractivity (Wildman–Crippen MR) is 186 cm³/mol. The fraction of sp³-hybridized carbons (Fsp3) is 0.639. The lowest BCUT2D eigenvalue weighted by Gasteiger charge is -2.26. The van der Waals surface area contributed by atoms with Crippen LogP contribution >= 0.6 is 8.25 Å². The highest BCUT2D eigenvalue weighted by molar-refractivity contribution is 7.32. The van der Waals surface area contributed by atoms with E-state index in [1.165, 1.54) is 37.8 Å². The molecule has 1 fully saturated rings. The van der Waals surface area contributed by atoms with Crippen molar-refractivity contribution >= 4 is 26.0 Å². The number of amides is 3. The normalized spacial score (nSPS) is 23.3. The van der Waals surface area contributed by atoms with Gasteiger partial charge in [-0.05, 0) is 57.8 Å². The maximum Gasteiger partial charge on any atom is 0.695 e. The van der Waals surface area contributed by atoms with Crippen molar-refractivity contribution in [1.29, 1.82) is 0 Å². The third-order valence-corrected chi connectivity index (χ3v) is 8.46. The molecule has 0 saturated carbocycles. The van der Waals surface area contributed by atoms with Gasteiger partial charge in [0.2, 0.25) is 17.7 Å². The molecule has 0 aromatic heterocycles. The largest absolute Gasteiger partial charge is 0.695 e. The van der Waals surface area contributed by atoms with Gasteiger partial charge in [0.1, 0.15) is 18.3 Å². The minimum absolute atomic E-state index is 0.0516. The molecule has 48 heavy (non-hydrogen) atoms. The zero-order chi connectivity index (χ0) is 34.8. The van der Waals surface area contributed by atoms with Crippen LogP contribution in [-0.4, -0.2) is 71.9 Å². The van der Waals surface area contributed by atoms with Crippen LogP contribution in [0.5, 0.6) is 0 Å². The molecule has 2 aliphatic rings. The van der Waals surface area contributed by atoms with E-state index in [4.69, 9.17) is 14.0 Å². The van der Waals surface area contributed by atoms with Crippen molar-refractivity contribution in [3.8, 4) is 0 Å². The number of ether oxygens (including phenoxy) is 2. The number of hydrogen-bond acceptors (Lipinski definition) is 8. The van der Waals surface area contributed by atoms with Crippen molar-refractivity contribution in [3.63, 3.8) is 0 Å². The summed E-state index contributed by atoms with van der Waals surface area (Å²) in [6, 6.07) is 0. The Kier molecular flexibility index (Phi) is 22.5. The molecule has 3 amide bonds. The van der Waals surface area contributed by atoms with E-state index >= 15 is 0 Å². The average Bonchev–Trinajstić information content (AvgIpc) is 3.39. The maximum absolute atomic E-state index is 12.4. The highest BCUT2D eigenvalue weighted by atomic mass is 31.1. The molecule has 0 spiro atoms. The van der Waals surface area contributed by atoms with Gasteiger partial charge in [-0.1, -0.05) is 87.3 Å². The smallest absolute Gasteiger partial charge is 0.394 e. The van der Waals surface area contributed by atoms with E-state index in [0.717, 1.165) is 51.4 Å². The van der Waals surface area contributed by atoms with Crippen LogP contribution in [0.25, 0.3) is 0 Å². The Hall–Kier alpha value is -2.79. The van der Waals surface area contributed by atoms with Crippen molar-refractivity contribution in [2.75, 3.05) is 19.8 Å². The summed E-state index contributed by atoms with van der Waals surface area (Å²) < 4.78 is 28.3. The summed E-state index contributed by atoms with van der Waals surface area (Å²) in [6.07, 6.45) is 29.5. The summed E-state index contributed by atoms with van der Waals surface area (Å²) in [4.78, 5) is 45.4. The molecule has 0 aromatic rings. The molecular weight excluding hydrogens is 635 g/mol. The fourth-order valence-electron chi connectivity index (χ4n) is 5.45. The third kappa shape index (κ3) is 17.6. The van der Waals surface area contributed by atoms with E-state index in [-0.39, 0.29) is 12.5 Å². The number of rotatable bonds is 26. The van der Waals surface area contributed by atoms with Crippen molar-refractivity contribution in [3.05, 3.63) is 60.8 Å². The van der Waals surface area contributed by atoms with Crippen molar-refractivity contribution in [1.82, 2.24) is 10.6 Å². The van der Waals surface area contributed by atoms with Gasteiger partial charge in [0, 0.05) is 30.2 Å². The highest BCUT2D eigenvalue weighted by Crippen LogP contribution is 2.36. The summed E-state index contributed by atoms with van der Waals surface area (Å²) in [6.45, 7) is 2.59. The first-order valence-electron chi connectivity index (χ1n) is 17.5. The summed E-state index contributed by atoms with van der Waals surface area (Å²) in [7, 11) is -3.01. The fourth-order valence-corrected chi connectivity index (χ4v) is 5.92. The number of aliphatic hydroxyl groups excluding tert-OH is 1. The van der Waals surface area contributed by atoms with Gasteiger partial charge in [0.15, 0.2) is 6.10 Å². The molecule has 3 unspecified atom stereocenters. The molecule has 0 aliphatic carbocycles. The topological polar surface area (TPSA) is 160 Å². The Bertz CT molecular complexity index is 1120. The number of carbonyl (C=O) groups excluding carboxylic acids is 3. The molecular formula is C36H56N2O9P+. The number of aliphatic hydroxyl groups is 1. The van der Waals surface area contributed by atoms with E-state index in [1.54, 1.807) is 0 Å². The van der Waals surface area contributed by atoms with Crippen molar-refractivity contribution in [2.45, 2.75) is 121 Å². The molecule has 0 aromatic carbocycles. The highest BCUT2D eigenvalue weighted by Gasteiger charge is 2.54. The number of nitrogens with one attached hydrogen (secondary N) is 2. The van der Waals surface area contributed by atoms with E-state index < -0.39 is 57.0 Å². The summed E-state index contributed by atoms with van der Waals surface area (Å²) >= 11 is 0. The van der Waals surface area contributed by atoms with E-state index in [9.17, 15) is 28.9 Å². The van der Waals surface area contributed by atoms with Crippen LogP contribution in [-0.2, 0) is 32.9 Å². The second kappa shape index (κ2) is 26.1. The van der Waals surface area contributed by atoms with Gasteiger partial charge in [0.05, 0.1) is 12.5 Å². The quantitative estimate of drug-likeness (QED) is 0.0380. The summed E-state index contributed by atoms with van der Waals surface area (Å²) in [5.41, 5.74) is 0. The molecule has 1 saturated heterocycles. The molecule has 268 valence electrons.